The van der Waals surface area contributed by atoms with E-state index < -0.39 is 0 Å². The van der Waals surface area contributed by atoms with Crippen LogP contribution in [0.3, 0.4) is 0 Å². The highest BCUT2D eigenvalue weighted by molar-refractivity contribution is 5.16. The van der Waals surface area contributed by atoms with Gasteiger partial charge in [-0.3, -0.25) is 0 Å². The Kier molecular flexibility index (Phi) is 2.72. The number of fused-ring (bicyclic) bond motifs is 5. The van der Waals surface area contributed by atoms with Crippen LogP contribution in [-0.2, 0) is 0 Å². The van der Waals surface area contributed by atoms with Crippen molar-refractivity contribution in [2.24, 2.45) is 29.6 Å². The molecular weight excluding hydrogens is 206 g/mol. The molecule has 0 saturated heterocycles. The third-order valence-electron chi connectivity index (χ3n) is 6.39. The van der Waals surface area contributed by atoms with Gasteiger partial charge in [-0.1, -0.05) is 32.1 Å². The van der Waals surface area contributed by atoms with Gasteiger partial charge in [-0.05, 0) is 61.8 Å². The van der Waals surface area contributed by atoms with E-state index in [4.69, 9.17) is 0 Å². The summed E-state index contributed by atoms with van der Waals surface area (Å²) in [5.74, 6) is 5.58. The van der Waals surface area contributed by atoms with Crippen LogP contribution in [0, 0.1) is 29.6 Å². The molecule has 96 valence electrons. The molecule has 4 unspecified atom stereocenters. The number of nitrogens with one attached hydrogen (secondary N) is 1. The number of hydrogen-bond donors (Lipinski definition) is 1. The Morgan fingerprint density at radius 2 is 1.53 bits per heavy atom. The smallest absolute Gasteiger partial charge is 0.0135 e. The minimum atomic E-state index is 0.963. The second-order valence-corrected chi connectivity index (χ2v) is 7.26. The maximum absolute atomic E-state index is 3.91. The molecule has 17 heavy (non-hydrogen) atoms. The minimum Gasteiger partial charge on any atom is -0.313 e. The SMILES string of the molecule is C1CCC(CCNC2C3C4CCC(C4)C23)CC1. The molecular formula is C16H27N. The van der Waals surface area contributed by atoms with Crippen LogP contribution >= 0.6 is 0 Å². The van der Waals surface area contributed by atoms with Gasteiger partial charge >= 0.3 is 0 Å². The van der Waals surface area contributed by atoms with Gasteiger partial charge in [-0.25, -0.2) is 0 Å². The Bertz CT molecular complexity index is 265. The fourth-order valence-electron chi connectivity index (χ4n) is 5.53. The van der Waals surface area contributed by atoms with Crippen molar-refractivity contribution in [3.8, 4) is 0 Å². The first kappa shape index (κ1) is 10.8. The van der Waals surface area contributed by atoms with Gasteiger partial charge in [0.15, 0.2) is 0 Å². The second kappa shape index (κ2) is 4.26. The first-order valence-corrected chi connectivity index (χ1v) is 8.17. The zero-order valence-electron chi connectivity index (χ0n) is 11.0. The van der Waals surface area contributed by atoms with Gasteiger partial charge in [0.1, 0.15) is 0 Å². The summed E-state index contributed by atoms with van der Waals surface area (Å²) in [6.45, 7) is 1.32. The summed E-state index contributed by atoms with van der Waals surface area (Å²) in [6, 6.07) is 0.963. The fourth-order valence-corrected chi connectivity index (χ4v) is 5.53. The van der Waals surface area contributed by atoms with Crippen LogP contribution in [0.1, 0.15) is 57.8 Å². The highest BCUT2D eigenvalue weighted by Crippen LogP contribution is 2.65. The zero-order chi connectivity index (χ0) is 11.2. The normalized spacial score (nSPS) is 48.4. The van der Waals surface area contributed by atoms with Crippen molar-refractivity contribution >= 4 is 0 Å². The molecule has 1 nitrogen and oxygen atoms in total. The molecule has 4 saturated carbocycles. The van der Waals surface area contributed by atoms with Gasteiger partial charge in [0.25, 0.3) is 0 Å². The van der Waals surface area contributed by atoms with E-state index >= 15 is 0 Å². The first-order chi connectivity index (χ1) is 8.43. The largest absolute Gasteiger partial charge is 0.313 e. The summed E-state index contributed by atoms with van der Waals surface area (Å²) < 4.78 is 0. The van der Waals surface area contributed by atoms with Crippen LogP contribution < -0.4 is 5.32 Å². The summed E-state index contributed by atoms with van der Waals surface area (Å²) in [6.07, 6.45) is 13.7. The molecule has 0 spiro atoms. The Labute approximate surface area is 106 Å². The molecule has 1 heteroatoms. The van der Waals surface area contributed by atoms with Crippen molar-refractivity contribution in [1.82, 2.24) is 5.32 Å². The van der Waals surface area contributed by atoms with E-state index in [1.54, 1.807) is 19.3 Å². The van der Waals surface area contributed by atoms with E-state index in [1.165, 1.54) is 45.1 Å². The summed E-state index contributed by atoms with van der Waals surface area (Å²) in [5.41, 5.74) is 0. The highest BCUT2D eigenvalue weighted by Gasteiger charge is 2.64. The Morgan fingerprint density at radius 1 is 0.824 bits per heavy atom. The van der Waals surface area contributed by atoms with Gasteiger partial charge in [0, 0.05) is 6.04 Å². The molecule has 0 aromatic heterocycles. The Hall–Kier alpha value is -0.0400. The maximum atomic E-state index is 3.91. The molecule has 0 amide bonds. The molecule has 0 radical (unpaired) electrons. The molecule has 4 rings (SSSR count). The quantitative estimate of drug-likeness (QED) is 0.782. The van der Waals surface area contributed by atoms with Gasteiger partial charge in [0.2, 0.25) is 0 Å². The minimum absolute atomic E-state index is 0.963. The molecule has 0 aromatic rings. The first-order valence-electron chi connectivity index (χ1n) is 8.17. The van der Waals surface area contributed by atoms with E-state index in [0.717, 1.165) is 35.6 Å². The summed E-state index contributed by atoms with van der Waals surface area (Å²) >= 11 is 0. The van der Waals surface area contributed by atoms with Crippen LogP contribution in [0.25, 0.3) is 0 Å². The third kappa shape index (κ3) is 1.85. The van der Waals surface area contributed by atoms with Gasteiger partial charge in [0.05, 0.1) is 0 Å². The van der Waals surface area contributed by atoms with Crippen LogP contribution in [0.15, 0.2) is 0 Å². The summed E-state index contributed by atoms with van der Waals surface area (Å²) in [7, 11) is 0. The average molecular weight is 233 g/mol. The molecule has 4 aliphatic rings. The topological polar surface area (TPSA) is 12.0 Å². The lowest BCUT2D eigenvalue weighted by molar-refractivity contribution is 0.329. The van der Waals surface area contributed by atoms with Crippen molar-refractivity contribution in [3.05, 3.63) is 0 Å². The molecule has 4 aliphatic carbocycles. The fraction of sp³-hybridized carbons (Fsp3) is 1.00. The van der Waals surface area contributed by atoms with E-state index in [1.807, 2.05) is 0 Å². The van der Waals surface area contributed by atoms with Crippen LogP contribution in [-0.4, -0.2) is 12.6 Å². The molecule has 4 atom stereocenters. The van der Waals surface area contributed by atoms with Crippen LogP contribution in [0.2, 0.25) is 0 Å². The van der Waals surface area contributed by atoms with Gasteiger partial charge in [-0.2, -0.15) is 0 Å². The van der Waals surface area contributed by atoms with Gasteiger partial charge in [-0.15, -0.1) is 0 Å². The predicted octanol–water partition coefficient (Wildman–Crippen LogP) is 3.59. The van der Waals surface area contributed by atoms with E-state index in [-0.39, 0.29) is 0 Å². The van der Waals surface area contributed by atoms with Crippen molar-refractivity contribution in [2.45, 2.75) is 63.8 Å². The monoisotopic (exact) mass is 233 g/mol. The predicted molar refractivity (Wildman–Crippen MR) is 70.8 cm³/mol. The molecule has 0 aromatic carbocycles. The van der Waals surface area contributed by atoms with Crippen molar-refractivity contribution in [1.29, 1.82) is 0 Å². The molecule has 2 bridgehead atoms. The standard InChI is InChI=1S/C16H27N/c1-2-4-11(5-3-1)8-9-17-16-14-12-6-7-13(10-12)15(14)16/h11-17H,1-10H2. The third-order valence-corrected chi connectivity index (χ3v) is 6.39. The van der Waals surface area contributed by atoms with E-state index in [2.05, 4.69) is 5.32 Å². The molecule has 0 heterocycles. The Morgan fingerprint density at radius 3 is 2.24 bits per heavy atom. The van der Waals surface area contributed by atoms with Crippen LogP contribution in [0.5, 0.6) is 0 Å². The van der Waals surface area contributed by atoms with Gasteiger partial charge < -0.3 is 5.32 Å². The van der Waals surface area contributed by atoms with Crippen LogP contribution in [0.4, 0.5) is 0 Å². The van der Waals surface area contributed by atoms with Crippen molar-refractivity contribution in [2.75, 3.05) is 6.54 Å². The molecule has 4 fully saturated rings. The lowest BCUT2D eigenvalue weighted by Gasteiger charge is -2.21. The molecule has 1 N–H and O–H groups in total. The molecule has 0 aliphatic heterocycles. The summed E-state index contributed by atoms with van der Waals surface area (Å²) in [4.78, 5) is 0. The van der Waals surface area contributed by atoms with Crippen molar-refractivity contribution in [3.63, 3.8) is 0 Å². The lowest BCUT2D eigenvalue weighted by atomic mass is 9.87. The second-order valence-electron chi connectivity index (χ2n) is 7.26. The number of hydrogen-bond acceptors (Lipinski definition) is 1. The Balaban J connectivity index is 1.20. The zero-order valence-corrected chi connectivity index (χ0v) is 11.0. The van der Waals surface area contributed by atoms with E-state index in [9.17, 15) is 0 Å². The van der Waals surface area contributed by atoms with E-state index in [0.29, 0.717) is 0 Å². The average Bonchev–Trinajstić information content (AvgIpc) is 2.78. The maximum Gasteiger partial charge on any atom is 0.0135 e. The lowest BCUT2D eigenvalue weighted by Crippen LogP contribution is -2.26. The van der Waals surface area contributed by atoms with Crippen molar-refractivity contribution < 1.29 is 0 Å². The summed E-state index contributed by atoms with van der Waals surface area (Å²) in [5, 5.41) is 3.91. The number of rotatable bonds is 4. The highest BCUT2D eigenvalue weighted by atomic mass is 15.0.